The third kappa shape index (κ3) is 7.18. The van der Waals surface area contributed by atoms with Crippen molar-refractivity contribution in [3.05, 3.63) is 108 Å². The zero-order chi connectivity index (χ0) is 25.9. The van der Waals surface area contributed by atoms with Gasteiger partial charge in [-0.1, -0.05) is 54.6 Å². The van der Waals surface area contributed by atoms with E-state index in [2.05, 4.69) is 11.9 Å². The molecule has 0 radical (unpaired) electrons. The van der Waals surface area contributed by atoms with Crippen molar-refractivity contribution >= 4 is 11.8 Å². The van der Waals surface area contributed by atoms with Gasteiger partial charge < -0.3 is 19.7 Å². The van der Waals surface area contributed by atoms with E-state index in [1.165, 1.54) is 19.2 Å². The first-order valence-corrected chi connectivity index (χ1v) is 11.6. The Bertz CT molecular complexity index is 1170. The van der Waals surface area contributed by atoms with Crippen LogP contribution in [-0.4, -0.2) is 43.5 Å². The molecule has 0 aliphatic heterocycles. The van der Waals surface area contributed by atoms with E-state index in [1.54, 1.807) is 48.4 Å². The number of benzene rings is 3. The molecule has 0 aliphatic rings. The fourth-order valence-electron chi connectivity index (χ4n) is 3.90. The van der Waals surface area contributed by atoms with Crippen molar-refractivity contribution in [1.82, 2.24) is 10.2 Å². The largest absolute Gasteiger partial charge is 0.493 e. The van der Waals surface area contributed by atoms with Crippen molar-refractivity contribution in [3.8, 4) is 11.5 Å². The number of carbonyl (C=O) groups is 2. The van der Waals surface area contributed by atoms with Gasteiger partial charge in [0.2, 0.25) is 11.8 Å². The Morgan fingerprint density at radius 1 is 0.944 bits per heavy atom. The van der Waals surface area contributed by atoms with Gasteiger partial charge in [0.15, 0.2) is 11.5 Å². The second-order valence-electron chi connectivity index (χ2n) is 8.25. The summed E-state index contributed by atoms with van der Waals surface area (Å²) in [5, 5.41) is 2.83. The number of nitrogens with zero attached hydrogens (tertiary/aromatic N) is 1. The molecule has 0 aromatic heterocycles. The Kier molecular flexibility index (Phi) is 9.63. The van der Waals surface area contributed by atoms with Crippen LogP contribution in [0.15, 0.2) is 85.5 Å². The van der Waals surface area contributed by atoms with E-state index in [4.69, 9.17) is 9.47 Å². The van der Waals surface area contributed by atoms with Gasteiger partial charge in [-0.15, -0.1) is 6.58 Å². The molecule has 0 unspecified atom stereocenters. The molecule has 0 fully saturated rings. The number of rotatable bonds is 12. The van der Waals surface area contributed by atoms with Gasteiger partial charge in [0.1, 0.15) is 11.9 Å². The topological polar surface area (TPSA) is 67.9 Å². The summed E-state index contributed by atoms with van der Waals surface area (Å²) in [7, 11) is 3.08. The quantitative estimate of drug-likeness (QED) is 0.384. The molecule has 0 heterocycles. The van der Waals surface area contributed by atoms with E-state index >= 15 is 0 Å². The molecule has 0 aliphatic carbocycles. The van der Waals surface area contributed by atoms with Crippen molar-refractivity contribution < 1.29 is 23.5 Å². The van der Waals surface area contributed by atoms with Crippen LogP contribution in [0.25, 0.3) is 0 Å². The van der Waals surface area contributed by atoms with E-state index in [-0.39, 0.29) is 37.1 Å². The summed E-state index contributed by atoms with van der Waals surface area (Å²) in [5.41, 5.74) is 2.35. The van der Waals surface area contributed by atoms with Crippen LogP contribution in [0.3, 0.4) is 0 Å². The first kappa shape index (κ1) is 26.5. The summed E-state index contributed by atoms with van der Waals surface area (Å²) < 4.78 is 24.2. The van der Waals surface area contributed by atoms with Crippen molar-refractivity contribution in [2.45, 2.75) is 25.4 Å². The molecule has 6 nitrogen and oxygen atoms in total. The fraction of sp³-hybridized carbons (Fsp3) is 0.241. The van der Waals surface area contributed by atoms with Gasteiger partial charge in [-0.25, -0.2) is 4.39 Å². The molecule has 1 N–H and O–H groups in total. The minimum Gasteiger partial charge on any atom is -0.493 e. The Morgan fingerprint density at radius 3 is 2.25 bits per heavy atom. The van der Waals surface area contributed by atoms with E-state index in [9.17, 15) is 14.0 Å². The smallest absolute Gasteiger partial charge is 0.243 e. The van der Waals surface area contributed by atoms with Crippen molar-refractivity contribution in [3.63, 3.8) is 0 Å². The Morgan fingerprint density at radius 2 is 1.61 bits per heavy atom. The van der Waals surface area contributed by atoms with E-state index < -0.39 is 6.04 Å². The maximum Gasteiger partial charge on any atom is 0.243 e. The van der Waals surface area contributed by atoms with Gasteiger partial charge in [-0.2, -0.15) is 0 Å². The number of carbonyl (C=O) groups excluding carboxylic acids is 2. The number of hydrogen-bond donors (Lipinski definition) is 1. The maximum absolute atomic E-state index is 13.7. The molecule has 0 bridgehead atoms. The number of nitrogens with one attached hydrogen (secondary N) is 1. The van der Waals surface area contributed by atoms with Gasteiger partial charge in [0, 0.05) is 19.5 Å². The Balaban J connectivity index is 1.96. The monoisotopic (exact) mass is 490 g/mol. The highest BCUT2D eigenvalue weighted by molar-refractivity contribution is 5.89. The van der Waals surface area contributed by atoms with Crippen molar-refractivity contribution in [2.24, 2.45) is 0 Å². The molecule has 3 rings (SSSR count). The number of halogens is 1. The molecule has 0 spiro atoms. The normalized spacial score (nSPS) is 11.3. The Hall–Kier alpha value is -4.13. The van der Waals surface area contributed by atoms with E-state index in [1.807, 2.05) is 30.3 Å². The summed E-state index contributed by atoms with van der Waals surface area (Å²) in [6.07, 6.45) is 1.96. The average Bonchev–Trinajstić information content (AvgIpc) is 2.90. The molecular weight excluding hydrogens is 459 g/mol. The summed E-state index contributed by atoms with van der Waals surface area (Å²) in [4.78, 5) is 28.6. The lowest BCUT2D eigenvalue weighted by Gasteiger charge is -2.31. The Labute approximate surface area is 211 Å². The van der Waals surface area contributed by atoms with Gasteiger partial charge in [0.25, 0.3) is 0 Å². The van der Waals surface area contributed by atoms with Gasteiger partial charge in [0.05, 0.1) is 20.6 Å². The molecule has 36 heavy (non-hydrogen) atoms. The highest BCUT2D eigenvalue weighted by Crippen LogP contribution is 2.28. The molecule has 3 aromatic carbocycles. The minimum absolute atomic E-state index is 0.0432. The predicted molar refractivity (Wildman–Crippen MR) is 137 cm³/mol. The zero-order valence-corrected chi connectivity index (χ0v) is 20.6. The van der Waals surface area contributed by atoms with Crippen LogP contribution in [0, 0.1) is 5.82 Å². The summed E-state index contributed by atoms with van der Waals surface area (Å²) in [6.45, 7) is 4.09. The third-order valence-electron chi connectivity index (χ3n) is 5.76. The molecule has 7 heteroatoms. The number of ether oxygens (including phenoxy) is 2. The zero-order valence-electron chi connectivity index (χ0n) is 20.6. The van der Waals surface area contributed by atoms with Crippen LogP contribution < -0.4 is 14.8 Å². The maximum atomic E-state index is 13.7. The standard InChI is InChI=1S/C29H31FN2O4/c1-4-16-31-29(34)25(17-21-8-6-5-7-9-21)32(20-22-10-13-24(30)14-11-22)28(33)19-23-12-15-26(35-2)27(18-23)36-3/h4-15,18,25H,1,16-17,19-20H2,2-3H3,(H,31,34)/t25-/m1/s1. The molecule has 2 amide bonds. The molecule has 1 atom stereocenters. The van der Waals surface area contributed by atoms with Crippen molar-refractivity contribution in [2.75, 3.05) is 20.8 Å². The van der Waals surface area contributed by atoms with Crippen LogP contribution >= 0.6 is 0 Å². The molecule has 0 saturated carbocycles. The first-order valence-electron chi connectivity index (χ1n) is 11.6. The van der Waals surface area contributed by atoms with Gasteiger partial charge >= 0.3 is 0 Å². The van der Waals surface area contributed by atoms with Crippen LogP contribution in [0.5, 0.6) is 11.5 Å². The minimum atomic E-state index is -0.787. The lowest BCUT2D eigenvalue weighted by molar-refractivity contribution is -0.140. The highest BCUT2D eigenvalue weighted by Gasteiger charge is 2.30. The number of hydrogen-bond acceptors (Lipinski definition) is 4. The summed E-state index contributed by atoms with van der Waals surface area (Å²) in [6, 6.07) is 19.9. The second-order valence-corrected chi connectivity index (χ2v) is 8.25. The van der Waals surface area contributed by atoms with Crippen LogP contribution in [0.2, 0.25) is 0 Å². The van der Waals surface area contributed by atoms with E-state index in [0.717, 1.165) is 5.56 Å². The lowest BCUT2D eigenvalue weighted by Crippen LogP contribution is -2.51. The molecule has 0 saturated heterocycles. The van der Waals surface area contributed by atoms with Crippen molar-refractivity contribution in [1.29, 1.82) is 0 Å². The highest BCUT2D eigenvalue weighted by atomic mass is 19.1. The summed E-state index contributed by atoms with van der Waals surface area (Å²) in [5.74, 6) is 0.161. The van der Waals surface area contributed by atoms with Gasteiger partial charge in [-0.05, 0) is 41.0 Å². The third-order valence-corrected chi connectivity index (χ3v) is 5.76. The molecule has 188 valence electrons. The first-order chi connectivity index (χ1) is 17.4. The average molecular weight is 491 g/mol. The van der Waals surface area contributed by atoms with Gasteiger partial charge in [-0.3, -0.25) is 9.59 Å². The summed E-state index contributed by atoms with van der Waals surface area (Å²) >= 11 is 0. The second kappa shape index (κ2) is 13.1. The van der Waals surface area contributed by atoms with Crippen LogP contribution in [0.4, 0.5) is 4.39 Å². The molecular formula is C29H31FN2O4. The predicted octanol–water partition coefficient (Wildman–Crippen LogP) is 4.33. The SMILES string of the molecule is C=CCNC(=O)[C@@H](Cc1ccccc1)N(Cc1ccc(F)cc1)C(=O)Cc1ccc(OC)c(OC)c1. The van der Waals surface area contributed by atoms with Crippen LogP contribution in [-0.2, 0) is 29.0 Å². The lowest BCUT2D eigenvalue weighted by atomic mass is 10.0. The number of amides is 2. The van der Waals surface area contributed by atoms with E-state index in [0.29, 0.717) is 29.0 Å². The van der Waals surface area contributed by atoms with Crippen LogP contribution in [0.1, 0.15) is 16.7 Å². The number of methoxy groups -OCH3 is 2. The molecule has 3 aromatic rings. The fourth-order valence-corrected chi connectivity index (χ4v) is 3.90.